The molecule has 1 amide bonds. The lowest BCUT2D eigenvalue weighted by molar-refractivity contribution is 0.0827. The van der Waals surface area contributed by atoms with Gasteiger partial charge in [-0.15, -0.1) is 0 Å². The first-order valence-electron chi connectivity index (χ1n) is 14.5. The van der Waals surface area contributed by atoms with Crippen molar-refractivity contribution in [3.63, 3.8) is 0 Å². The maximum Gasteiger partial charge on any atom is 0.253 e. The van der Waals surface area contributed by atoms with Gasteiger partial charge in [0.25, 0.3) is 5.91 Å². The summed E-state index contributed by atoms with van der Waals surface area (Å²) in [6, 6.07) is 14.8. The summed E-state index contributed by atoms with van der Waals surface area (Å²) >= 11 is 0. The van der Waals surface area contributed by atoms with Crippen LogP contribution in [0.4, 0.5) is 4.39 Å². The van der Waals surface area contributed by atoms with Gasteiger partial charge in [-0.2, -0.15) is 10.2 Å². The fourth-order valence-corrected chi connectivity index (χ4v) is 5.86. The third-order valence-electron chi connectivity index (χ3n) is 7.99. The molecule has 0 spiro atoms. The molecule has 220 valence electrons. The number of halogens is 1. The van der Waals surface area contributed by atoms with Crippen molar-refractivity contribution < 1.29 is 9.18 Å². The Kier molecular flexibility index (Phi) is 7.12. The van der Waals surface area contributed by atoms with Gasteiger partial charge in [-0.3, -0.25) is 9.48 Å². The number of rotatable bonds is 7. The molecule has 4 aromatic heterocycles. The summed E-state index contributed by atoms with van der Waals surface area (Å²) in [6.45, 7) is 10.6. The Morgan fingerprint density at radius 2 is 1.72 bits per heavy atom. The predicted octanol–water partition coefficient (Wildman–Crippen LogP) is 7.00. The average molecular weight is 578 g/mol. The Morgan fingerprint density at radius 1 is 0.977 bits per heavy atom. The number of aryl methyl sites for hydroxylation is 2. The maximum atomic E-state index is 15.5. The molecular weight excluding hydrogens is 541 g/mol. The van der Waals surface area contributed by atoms with Gasteiger partial charge in [0.1, 0.15) is 11.8 Å². The van der Waals surface area contributed by atoms with Crippen LogP contribution in [0, 0.1) is 20.8 Å². The molecule has 8 nitrogen and oxygen atoms in total. The van der Waals surface area contributed by atoms with Crippen molar-refractivity contribution in [1.29, 1.82) is 0 Å². The number of pyridine rings is 1. The lowest BCUT2D eigenvalue weighted by Gasteiger charge is -2.12. The molecule has 9 heteroatoms. The fourth-order valence-electron chi connectivity index (χ4n) is 5.86. The molecule has 0 N–H and O–H groups in total. The lowest BCUT2D eigenvalue weighted by atomic mass is 9.95. The van der Waals surface area contributed by atoms with Crippen molar-refractivity contribution in [3.05, 3.63) is 101 Å². The average Bonchev–Trinajstić information content (AvgIpc) is 3.65. The van der Waals surface area contributed by atoms with E-state index >= 15 is 4.39 Å². The molecule has 4 heterocycles. The first kappa shape index (κ1) is 28.3. The number of benzene rings is 2. The first-order chi connectivity index (χ1) is 20.5. The van der Waals surface area contributed by atoms with E-state index in [9.17, 15) is 4.79 Å². The van der Waals surface area contributed by atoms with Crippen molar-refractivity contribution in [1.82, 2.24) is 33.8 Å². The summed E-state index contributed by atoms with van der Waals surface area (Å²) < 4.78 is 21.2. The van der Waals surface area contributed by atoms with E-state index in [-0.39, 0.29) is 18.4 Å². The summed E-state index contributed by atoms with van der Waals surface area (Å²) in [7, 11) is 3.39. The van der Waals surface area contributed by atoms with Gasteiger partial charge in [0.2, 0.25) is 0 Å². The van der Waals surface area contributed by atoms with Crippen molar-refractivity contribution in [2.75, 3.05) is 14.1 Å². The highest BCUT2D eigenvalue weighted by atomic mass is 19.1. The fraction of sp³-hybridized carbons (Fsp3) is 0.294. The molecule has 2 aromatic carbocycles. The largest absolute Gasteiger partial charge is 0.345 e. The molecule has 6 aromatic rings. The Balaban J connectivity index is 1.37. The number of hydrogen-bond donors (Lipinski definition) is 0. The molecule has 1 atom stereocenters. The van der Waals surface area contributed by atoms with Crippen molar-refractivity contribution in [3.8, 4) is 16.9 Å². The molecular formula is C34H36FN7O. The van der Waals surface area contributed by atoms with Gasteiger partial charge in [-0.05, 0) is 62.1 Å². The second-order valence-corrected chi connectivity index (χ2v) is 11.8. The highest BCUT2D eigenvalue weighted by Crippen LogP contribution is 2.37. The molecule has 0 bridgehead atoms. The Morgan fingerprint density at radius 3 is 2.42 bits per heavy atom. The van der Waals surface area contributed by atoms with Crippen LogP contribution < -0.4 is 0 Å². The standard InChI is InChI=1S/C34H36FN7O/c1-20(2)32-23(5)42(30-19-40-16-22(4)36-31(40)15-21(30)3)38-33(32)26-9-8-10-29-27(26)17-41(37-29)18-28(35)24-11-13-25(14-12-24)34(43)39(6)7/h8-17,19-20,28H,18H2,1-7H3. The number of carbonyl (C=O) groups excluding carboxylic acids is 1. The molecule has 6 rings (SSSR count). The molecule has 0 saturated carbocycles. The smallest absolute Gasteiger partial charge is 0.253 e. The second kappa shape index (κ2) is 10.8. The number of nitrogens with zero attached hydrogens (tertiary/aromatic N) is 7. The first-order valence-corrected chi connectivity index (χ1v) is 14.5. The van der Waals surface area contributed by atoms with Gasteiger partial charge in [0, 0.05) is 60.5 Å². The van der Waals surface area contributed by atoms with Crippen LogP contribution in [0.25, 0.3) is 33.5 Å². The molecule has 0 fully saturated rings. The minimum atomic E-state index is -1.28. The van der Waals surface area contributed by atoms with Crippen LogP contribution in [0.3, 0.4) is 0 Å². The zero-order valence-electron chi connectivity index (χ0n) is 25.6. The van der Waals surface area contributed by atoms with E-state index < -0.39 is 6.17 Å². The van der Waals surface area contributed by atoms with Gasteiger partial charge in [-0.1, -0.05) is 38.1 Å². The topological polar surface area (TPSA) is 73.2 Å². The highest BCUT2D eigenvalue weighted by Gasteiger charge is 2.23. The minimum Gasteiger partial charge on any atom is -0.345 e. The van der Waals surface area contributed by atoms with E-state index in [0.717, 1.165) is 56.0 Å². The predicted molar refractivity (Wildman–Crippen MR) is 168 cm³/mol. The number of alkyl halides is 1. The molecule has 1 unspecified atom stereocenters. The van der Waals surface area contributed by atoms with Crippen LogP contribution in [0.1, 0.15) is 64.4 Å². The van der Waals surface area contributed by atoms with Crippen molar-refractivity contribution >= 4 is 22.5 Å². The third-order valence-corrected chi connectivity index (χ3v) is 7.99. The van der Waals surface area contributed by atoms with Crippen LogP contribution in [0.5, 0.6) is 0 Å². The van der Waals surface area contributed by atoms with Gasteiger partial charge < -0.3 is 9.30 Å². The minimum absolute atomic E-state index is 0.0587. The number of amides is 1. The zero-order chi connectivity index (χ0) is 30.6. The van der Waals surface area contributed by atoms with Crippen LogP contribution in [0.2, 0.25) is 0 Å². The van der Waals surface area contributed by atoms with E-state index in [1.54, 1.807) is 43.0 Å². The number of hydrogen-bond acceptors (Lipinski definition) is 4. The van der Waals surface area contributed by atoms with Gasteiger partial charge in [-0.25, -0.2) is 14.1 Å². The third kappa shape index (κ3) is 5.09. The Bertz CT molecular complexity index is 1980. The van der Waals surface area contributed by atoms with E-state index in [4.69, 9.17) is 10.2 Å². The lowest BCUT2D eigenvalue weighted by Crippen LogP contribution is -2.21. The van der Waals surface area contributed by atoms with Gasteiger partial charge in [0.15, 0.2) is 0 Å². The van der Waals surface area contributed by atoms with E-state index in [0.29, 0.717) is 11.1 Å². The Hall–Kier alpha value is -4.79. The van der Waals surface area contributed by atoms with Crippen LogP contribution in [-0.2, 0) is 6.54 Å². The molecule has 0 radical (unpaired) electrons. The second-order valence-electron chi connectivity index (χ2n) is 11.8. The summed E-state index contributed by atoms with van der Waals surface area (Å²) in [4.78, 5) is 18.3. The summed E-state index contributed by atoms with van der Waals surface area (Å²) in [5.74, 6) is 0.116. The highest BCUT2D eigenvalue weighted by molar-refractivity contribution is 5.95. The summed E-state index contributed by atoms with van der Waals surface area (Å²) in [5.41, 5.74) is 9.89. The van der Waals surface area contributed by atoms with Gasteiger partial charge in [0.05, 0.1) is 29.1 Å². The maximum absolute atomic E-state index is 15.5. The summed E-state index contributed by atoms with van der Waals surface area (Å²) in [6.07, 6.45) is 4.73. The normalized spacial score (nSPS) is 12.5. The van der Waals surface area contributed by atoms with Gasteiger partial charge >= 0.3 is 0 Å². The monoisotopic (exact) mass is 577 g/mol. The zero-order valence-corrected chi connectivity index (χ0v) is 25.6. The summed E-state index contributed by atoms with van der Waals surface area (Å²) in [5, 5.41) is 10.8. The number of carbonyl (C=O) groups is 1. The molecule has 43 heavy (non-hydrogen) atoms. The van der Waals surface area contributed by atoms with Crippen LogP contribution in [-0.4, -0.2) is 53.8 Å². The quantitative estimate of drug-likeness (QED) is 0.205. The molecule has 0 saturated heterocycles. The number of imidazole rings is 1. The Labute approximate surface area is 250 Å². The van der Waals surface area contributed by atoms with E-state index in [2.05, 4.69) is 51.0 Å². The van der Waals surface area contributed by atoms with Crippen molar-refractivity contribution in [2.45, 2.75) is 53.3 Å². The molecule has 0 aliphatic rings. The SMILES string of the molecule is Cc1cn2cc(-n3nc(-c4cccc5nn(CC(F)c6ccc(C(=O)N(C)C)cc6)cc45)c(C(C)C)c3C)c(C)cc2n1. The van der Waals surface area contributed by atoms with Crippen molar-refractivity contribution in [2.24, 2.45) is 0 Å². The van der Waals surface area contributed by atoms with Crippen LogP contribution in [0.15, 0.2) is 67.1 Å². The number of fused-ring (bicyclic) bond motifs is 2. The number of aromatic nitrogens is 6. The van der Waals surface area contributed by atoms with Crippen LogP contribution >= 0.6 is 0 Å². The van der Waals surface area contributed by atoms with E-state index in [1.165, 1.54) is 4.90 Å². The van der Waals surface area contributed by atoms with E-state index in [1.807, 2.05) is 40.5 Å². The molecule has 0 aliphatic heterocycles. The molecule has 0 aliphatic carbocycles.